The van der Waals surface area contributed by atoms with Crippen LogP contribution in [0.1, 0.15) is 5.56 Å². The number of imidazole rings is 1. The molecule has 0 aliphatic heterocycles. The van der Waals surface area contributed by atoms with Crippen molar-refractivity contribution in [2.75, 3.05) is 0 Å². The Hall–Kier alpha value is -2.01. The van der Waals surface area contributed by atoms with Gasteiger partial charge in [-0.15, -0.1) is 0 Å². The predicted octanol–water partition coefficient (Wildman–Crippen LogP) is 2.85. The topological polar surface area (TPSA) is 58.0 Å². The van der Waals surface area contributed by atoms with Crippen LogP contribution < -0.4 is 5.69 Å². The Morgan fingerprint density at radius 3 is 2.63 bits per heavy atom. The molecule has 0 unspecified atom stereocenters. The molecule has 0 atom stereocenters. The fourth-order valence-corrected chi connectivity index (χ4v) is 2.54. The van der Waals surface area contributed by atoms with Crippen LogP contribution in [-0.4, -0.2) is 14.7 Å². The zero-order chi connectivity index (χ0) is 13.4. The molecule has 0 aliphatic rings. The van der Waals surface area contributed by atoms with Gasteiger partial charge < -0.3 is 10.1 Å². The van der Waals surface area contributed by atoms with Gasteiger partial charge in [-0.2, -0.15) is 0 Å². The van der Waals surface area contributed by atoms with E-state index in [4.69, 9.17) is 0 Å². The number of nitrogens with one attached hydrogen (secondary N) is 1. The SMILES string of the molecule is O=c1[nH]c2c(Br)cccc2n1Cc1ccc(O)cc1. The Balaban J connectivity index is 2.10. The highest BCUT2D eigenvalue weighted by Crippen LogP contribution is 2.21. The van der Waals surface area contributed by atoms with Crippen molar-refractivity contribution in [1.29, 1.82) is 0 Å². The molecule has 0 saturated carbocycles. The normalized spacial score (nSPS) is 11.0. The summed E-state index contributed by atoms with van der Waals surface area (Å²) in [6.45, 7) is 0.468. The number of fused-ring (bicyclic) bond motifs is 1. The first-order chi connectivity index (χ1) is 9.15. The number of H-pyrrole nitrogens is 1. The van der Waals surface area contributed by atoms with Crippen LogP contribution in [0.5, 0.6) is 5.75 Å². The summed E-state index contributed by atoms with van der Waals surface area (Å²) >= 11 is 3.42. The summed E-state index contributed by atoms with van der Waals surface area (Å²) in [5.74, 6) is 0.220. The Morgan fingerprint density at radius 1 is 1.16 bits per heavy atom. The Kier molecular flexibility index (Phi) is 2.91. The predicted molar refractivity (Wildman–Crippen MR) is 77.5 cm³/mol. The third kappa shape index (κ3) is 2.17. The maximum atomic E-state index is 12.0. The lowest BCUT2D eigenvalue weighted by atomic mass is 10.2. The van der Waals surface area contributed by atoms with Crippen LogP contribution in [0.2, 0.25) is 0 Å². The van der Waals surface area contributed by atoms with E-state index in [-0.39, 0.29) is 11.4 Å². The summed E-state index contributed by atoms with van der Waals surface area (Å²) < 4.78 is 2.54. The number of hydrogen-bond donors (Lipinski definition) is 2. The number of phenolic OH excluding ortho intramolecular Hbond substituents is 1. The molecule has 19 heavy (non-hydrogen) atoms. The number of aromatic hydroxyl groups is 1. The highest BCUT2D eigenvalue weighted by atomic mass is 79.9. The van der Waals surface area contributed by atoms with Gasteiger partial charge in [-0.25, -0.2) is 4.79 Å². The van der Waals surface area contributed by atoms with Gasteiger partial charge in [0, 0.05) is 4.47 Å². The minimum Gasteiger partial charge on any atom is -0.508 e. The van der Waals surface area contributed by atoms with Crippen LogP contribution in [-0.2, 0) is 6.54 Å². The van der Waals surface area contributed by atoms with Crippen molar-refractivity contribution < 1.29 is 5.11 Å². The van der Waals surface area contributed by atoms with Crippen molar-refractivity contribution in [2.24, 2.45) is 0 Å². The molecule has 0 bridgehead atoms. The number of halogens is 1. The minimum atomic E-state index is -0.144. The van der Waals surface area contributed by atoms with E-state index in [2.05, 4.69) is 20.9 Å². The Bertz CT molecular complexity index is 787. The van der Waals surface area contributed by atoms with E-state index in [9.17, 15) is 9.90 Å². The van der Waals surface area contributed by atoms with E-state index in [1.165, 1.54) is 0 Å². The molecule has 1 heterocycles. The smallest absolute Gasteiger partial charge is 0.326 e. The zero-order valence-electron chi connectivity index (χ0n) is 9.93. The summed E-state index contributed by atoms with van der Waals surface area (Å²) in [5, 5.41) is 9.26. The average Bonchev–Trinajstić information content (AvgIpc) is 2.71. The maximum absolute atomic E-state index is 12.0. The van der Waals surface area contributed by atoms with E-state index >= 15 is 0 Å². The Labute approximate surface area is 117 Å². The van der Waals surface area contributed by atoms with Gasteiger partial charge in [0.05, 0.1) is 17.6 Å². The first-order valence-corrected chi connectivity index (χ1v) is 6.59. The van der Waals surface area contributed by atoms with Crippen molar-refractivity contribution in [3.05, 3.63) is 63.0 Å². The van der Waals surface area contributed by atoms with Gasteiger partial charge in [0.15, 0.2) is 0 Å². The van der Waals surface area contributed by atoms with Gasteiger partial charge in [0.2, 0.25) is 0 Å². The number of phenols is 1. The molecule has 0 spiro atoms. The van der Waals surface area contributed by atoms with Gasteiger partial charge in [-0.05, 0) is 45.8 Å². The second kappa shape index (κ2) is 4.59. The van der Waals surface area contributed by atoms with Gasteiger partial charge in [0.1, 0.15) is 5.75 Å². The van der Waals surface area contributed by atoms with Crippen LogP contribution in [0.25, 0.3) is 11.0 Å². The van der Waals surface area contributed by atoms with Crippen molar-refractivity contribution in [1.82, 2.24) is 9.55 Å². The van der Waals surface area contributed by atoms with E-state index in [1.54, 1.807) is 28.8 Å². The molecule has 3 aromatic rings. The van der Waals surface area contributed by atoms with E-state index in [0.29, 0.717) is 6.54 Å². The van der Waals surface area contributed by atoms with Crippen molar-refractivity contribution >= 4 is 27.0 Å². The van der Waals surface area contributed by atoms with Crippen LogP contribution >= 0.6 is 15.9 Å². The number of nitrogens with zero attached hydrogens (tertiary/aromatic N) is 1. The maximum Gasteiger partial charge on any atom is 0.326 e. The largest absolute Gasteiger partial charge is 0.508 e. The fourth-order valence-electron chi connectivity index (χ4n) is 2.09. The quantitative estimate of drug-likeness (QED) is 0.763. The van der Waals surface area contributed by atoms with E-state index < -0.39 is 0 Å². The number of aromatic nitrogens is 2. The molecule has 2 N–H and O–H groups in total. The second-order valence-corrected chi connectivity index (χ2v) is 5.17. The third-order valence-electron chi connectivity index (χ3n) is 3.04. The zero-order valence-corrected chi connectivity index (χ0v) is 11.5. The molecule has 96 valence electrons. The molecule has 2 aromatic carbocycles. The summed E-state index contributed by atoms with van der Waals surface area (Å²) in [4.78, 5) is 14.8. The molecular weight excluding hydrogens is 308 g/mol. The monoisotopic (exact) mass is 318 g/mol. The summed E-state index contributed by atoms with van der Waals surface area (Å²) in [6.07, 6.45) is 0. The van der Waals surface area contributed by atoms with Crippen molar-refractivity contribution in [3.8, 4) is 5.75 Å². The number of benzene rings is 2. The molecule has 5 heteroatoms. The van der Waals surface area contributed by atoms with Gasteiger partial charge in [0.25, 0.3) is 0 Å². The Morgan fingerprint density at radius 2 is 1.89 bits per heavy atom. The summed E-state index contributed by atoms with van der Waals surface area (Å²) in [6, 6.07) is 12.5. The van der Waals surface area contributed by atoms with Gasteiger partial charge in [-0.3, -0.25) is 4.57 Å². The molecule has 3 rings (SSSR count). The molecular formula is C14H11BrN2O2. The minimum absolute atomic E-state index is 0.144. The molecule has 0 aliphatic carbocycles. The molecule has 0 saturated heterocycles. The molecule has 0 fully saturated rings. The molecule has 1 aromatic heterocycles. The molecule has 0 radical (unpaired) electrons. The fraction of sp³-hybridized carbons (Fsp3) is 0.0714. The van der Waals surface area contributed by atoms with Crippen LogP contribution in [0.15, 0.2) is 51.7 Å². The van der Waals surface area contributed by atoms with Gasteiger partial charge >= 0.3 is 5.69 Å². The molecule has 0 amide bonds. The van der Waals surface area contributed by atoms with Crippen molar-refractivity contribution in [2.45, 2.75) is 6.54 Å². The average molecular weight is 319 g/mol. The first-order valence-electron chi connectivity index (χ1n) is 5.80. The number of para-hydroxylation sites is 1. The number of aromatic amines is 1. The van der Waals surface area contributed by atoms with Crippen LogP contribution in [0.4, 0.5) is 0 Å². The summed E-state index contributed by atoms with van der Waals surface area (Å²) in [5.41, 5.74) is 2.47. The van der Waals surface area contributed by atoms with Crippen molar-refractivity contribution in [3.63, 3.8) is 0 Å². The summed E-state index contributed by atoms with van der Waals surface area (Å²) in [7, 11) is 0. The second-order valence-electron chi connectivity index (χ2n) is 4.32. The standard InChI is InChI=1S/C14H11BrN2O2/c15-11-2-1-3-12-13(11)16-14(19)17(12)8-9-4-6-10(18)7-5-9/h1-7,18H,8H2,(H,16,19). The van der Waals surface area contributed by atoms with Crippen LogP contribution in [0.3, 0.4) is 0 Å². The van der Waals surface area contributed by atoms with Gasteiger partial charge in [-0.1, -0.05) is 18.2 Å². The lowest BCUT2D eigenvalue weighted by molar-refractivity contribution is 0.475. The third-order valence-corrected chi connectivity index (χ3v) is 3.70. The lowest BCUT2D eigenvalue weighted by Crippen LogP contribution is -2.17. The molecule has 4 nitrogen and oxygen atoms in total. The van der Waals surface area contributed by atoms with E-state index in [0.717, 1.165) is 21.1 Å². The first kappa shape index (κ1) is 12.0. The van der Waals surface area contributed by atoms with E-state index in [1.807, 2.05) is 18.2 Å². The highest BCUT2D eigenvalue weighted by Gasteiger charge is 2.09. The lowest BCUT2D eigenvalue weighted by Gasteiger charge is -2.04. The highest BCUT2D eigenvalue weighted by molar-refractivity contribution is 9.10. The number of hydrogen-bond acceptors (Lipinski definition) is 2. The number of rotatable bonds is 2. The van der Waals surface area contributed by atoms with Crippen LogP contribution in [0, 0.1) is 0 Å².